The van der Waals surface area contributed by atoms with E-state index in [0.717, 1.165) is 23.9 Å². The second-order valence-electron chi connectivity index (χ2n) is 7.89. The highest BCUT2D eigenvalue weighted by molar-refractivity contribution is 4.93. The summed E-state index contributed by atoms with van der Waals surface area (Å²) >= 11 is 0. The van der Waals surface area contributed by atoms with Crippen LogP contribution in [0.15, 0.2) is 0 Å². The van der Waals surface area contributed by atoms with Crippen molar-refractivity contribution in [1.82, 2.24) is 9.80 Å². The molecule has 0 N–H and O–H groups in total. The van der Waals surface area contributed by atoms with Gasteiger partial charge in [-0.25, -0.2) is 0 Å². The van der Waals surface area contributed by atoms with Crippen molar-refractivity contribution in [2.24, 2.45) is 11.8 Å². The molecule has 1 saturated carbocycles. The van der Waals surface area contributed by atoms with Crippen LogP contribution in [0.5, 0.6) is 0 Å². The van der Waals surface area contributed by atoms with Crippen molar-refractivity contribution in [1.29, 1.82) is 0 Å². The zero-order valence-corrected chi connectivity index (χ0v) is 13.7. The van der Waals surface area contributed by atoms with Gasteiger partial charge in [0.25, 0.3) is 0 Å². The largest absolute Gasteiger partial charge is 0.298 e. The highest BCUT2D eigenvalue weighted by atomic mass is 15.3. The molecule has 2 saturated heterocycles. The molecule has 0 amide bonds. The molecule has 0 aromatic carbocycles. The Hall–Kier alpha value is -0.0800. The SMILES string of the molecule is CC(C)C1CN2CCCC2CN1CCC1CCCCC1. The number of hydrogen-bond acceptors (Lipinski definition) is 2. The highest BCUT2D eigenvalue weighted by Crippen LogP contribution is 2.30. The summed E-state index contributed by atoms with van der Waals surface area (Å²) in [5, 5.41) is 0. The van der Waals surface area contributed by atoms with Crippen LogP contribution in [0.1, 0.15) is 65.2 Å². The van der Waals surface area contributed by atoms with Gasteiger partial charge in [-0.15, -0.1) is 0 Å². The molecule has 2 heteroatoms. The number of fused-ring (bicyclic) bond motifs is 1. The van der Waals surface area contributed by atoms with Crippen molar-refractivity contribution in [3.63, 3.8) is 0 Å². The molecule has 3 rings (SSSR count). The second kappa shape index (κ2) is 6.79. The van der Waals surface area contributed by atoms with E-state index in [1.807, 2.05) is 0 Å². The Balaban J connectivity index is 1.54. The Morgan fingerprint density at radius 3 is 2.50 bits per heavy atom. The lowest BCUT2D eigenvalue weighted by Crippen LogP contribution is -2.58. The molecular weight excluding hydrogens is 244 g/mol. The third-order valence-corrected chi connectivity index (χ3v) is 6.15. The van der Waals surface area contributed by atoms with Gasteiger partial charge in [-0.1, -0.05) is 46.0 Å². The molecule has 2 heterocycles. The van der Waals surface area contributed by atoms with Crippen LogP contribution in [-0.4, -0.2) is 48.1 Å². The summed E-state index contributed by atoms with van der Waals surface area (Å²) in [6.07, 6.45) is 11.9. The van der Waals surface area contributed by atoms with Crippen molar-refractivity contribution in [3.05, 3.63) is 0 Å². The average Bonchev–Trinajstić information content (AvgIpc) is 2.92. The van der Waals surface area contributed by atoms with E-state index in [-0.39, 0.29) is 0 Å². The minimum absolute atomic E-state index is 0.808. The normalized spacial score (nSPS) is 33.8. The predicted molar refractivity (Wildman–Crippen MR) is 86.0 cm³/mol. The molecule has 3 fully saturated rings. The zero-order chi connectivity index (χ0) is 13.9. The molecule has 0 aromatic rings. The lowest BCUT2D eigenvalue weighted by Gasteiger charge is -2.46. The molecule has 2 nitrogen and oxygen atoms in total. The fourth-order valence-corrected chi connectivity index (χ4v) is 4.82. The quantitative estimate of drug-likeness (QED) is 0.772. The summed E-state index contributed by atoms with van der Waals surface area (Å²) in [6, 6.07) is 1.70. The fraction of sp³-hybridized carbons (Fsp3) is 1.00. The van der Waals surface area contributed by atoms with Gasteiger partial charge in [-0.05, 0) is 44.2 Å². The predicted octanol–water partition coefficient (Wildman–Crippen LogP) is 3.76. The monoisotopic (exact) mass is 278 g/mol. The zero-order valence-electron chi connectivity index (χ0n) is 13.7. The lowest BCUT2D eigenvalue weighted by atomic mass is 9.86. The smallest absolute Gasteiger partial charge is 0.0246 e. The summed E-state index contributed by atoms with van der Waals surface area (Å²) in [5.41, 5.74) is 0. The third kappa shape index (κ3) is 3.39. The van der Waals surface area contributed by atoms with Crippen LogP contribution in [0.4, 0.5) is 0 Å². The van der Waals surface area contributed by atoms with Crippen LogP contribution in [0.2, 0.25) is 0 Å². The van der Waals surface area contributed by atoms with E-state index in [1.165, 1.54) is 77.5 Å². The fourth-order valence-electron chi connectivity index (χ4n) is 4.82. The van der Waals surface area contributed by atoms with Crippen LogP contribution in [0, 0.1) is 11.8 Å². The van der Waals surface area contributed by atoms with Crippen molar-refractivity contribution < 1.29 is 0 Å². The molecule has 0 bridgehead atoms. The molecule has 1 aliphatic carbocycles. The lowest BCUT2D eigenvalue weighted by molar-refractivity contribution is 0.0248. The molecule has 2 unspecified atom stereocenters. The van der Waals surface area contributed by atoms with Crippen molar-refractivity contribution in [3.8, 4) is 0 Å². The summed E-state index contributed by atoms with van der Waals surface area (Å²) in [7, 11) is 0. The Kier molecular flexibility index (Phi) is 5.04. The van der Waals surface area contributed by atoms with Gasteiger partial charge in [0.1, 0.15) is 0 Å². The molecule has 116 valence electrons. The number of rotatable bonds is 4. The third-order valence-electron chi connectivity index (χ3n) is 6.15. The van der Waals surface area contributed by atoms with E-state index in [4.69, 9.17) is 0 Å². The molecule has 3 aliphatic rings. The highest BCUT2D eigenvalue weighted by Gasteiger charge is 2.37. The van der Waals surface area contributed by atoms with E-state index in [0.29, 0.717) is 0 Å². The van der Waals surface area contributed by atoms with E-state index in [2.05, 4.69) is 23.6 Å². The van der Waals surface area contributed by atoms with E-state index < -0.39 is 0 Å². The summed E-state index contributed by atoms with van der Waals surface area (Å²) in [6.45, 7) is 10.3. The summed E-state index contributed by atoms with van der Waals surface area (Å²) in [4.78, 5) is 5.65. The first-order valence-corrected chi connectivity index (χ1v) is 9.22. The maximum absolute atomic E-state index is 2.87. The first-order valence-electron chi connectivity index (χ1n) is 9.22. The number of hydrogen-bond donors (Lipinski definition) is 0. The molecule has 2 atom stereocenters. The minimum Gasteiger partial charge on any atom is -0.298 e. The van der Waals surface area contributed by atoms with Gasteiger partial charge in [0, 0.05) is 25.2 Å². The summed E-state index contributed by atoms with van der Waals surface area (Å²) in [5.74, 6) is 1.85. The summed E-state index contributed by atoms with van der Waals surface area (Å²) < 4.78 is 0. The standard InChI is InChI=1S/C18H34N2/c1-15(2)18-14-19-11-6-9-17(19)13-20(18)12-10-16-7-4-3-5-8-16/h15-18H,3-14H2,1-2H3. The minimum atomic E-state index is 0.808. The molecule has 0 radical (unpaired) electrons. The van der Waals surface area contributed by atoms with Crippen LogP contribution < -0.4 is 0 Å². The van der Waals surface area contributed by atoms with Crippen molar-refractivity contribution in [2.45, 2.75) is 77.3 Å². The molecular formula is C18H34N2. The van der Waals surface area contributed by atoms with Gasteiger partial charge in [0.05, 0.1) is 0 Å². The van der Waals surface area contributed by atoms with Gasteiger partial charge < -0.3 is 0 Å². The van der Waals surface area contributed by atoms with Crippen molar-refractivity contribution in [2.75, 3.05) is 26.2 Å². The van der Waals surface area contributed by atoms with Crippen molar-refractivity contribution >= 4 is 0 Å². The molecule has 20 heavy (non-hydrogen) atoms. The number of piperazine rings is 1. The molecule has 0 spiro atoms. The topological polar surface area (TPSA) is 6.48 Å². The Bertz CT molecular complexity index is 296. The van der Waals surface area contributed by atoms with Crippen LogP contribution in [0.25, 0.3) is 0 Å². The Morgan fingerprint density at radius 2 is 1.75 bits per heavy atom. The average molecular weight is 278 g/mol. The maximum Gasteiger partial charge on any atom is 0.0246 e. The first kappa shape index (κ1) is 14.8. The Morgan fingerprint density at radius 1 is 0.950 bits per heavy atom. The molecule has 0 aromatic heterocycles. The van der Waals surface area contributed by atoms with E-state index >= 15 is 0 Å². The molecule has 2 aliphatic heterocycles. The van der Waals surface area contributed by atoms with Gasteiger partial charge in [-0.3, -0.25) is 9.80 Å². The van der Waals surface area contributed by atoms with E-state index in [1.54, 1.807) is 0 Å². The van der Waals surface area contributed by atoms with Gasteiger partial charge >= 0.3 is 0 Å². The first-order chi connectivity index (χ1) is 9.74. The van der Waals surface area contributed by atoms with Crippen LogP contribution in [0.3, 0.4) is 0 Å². The van der Waals surface area contributed by atoms with Gasteiger partial charge in [0.15, 0.2) is 0 Å². The van der Waals surface area contributed by atoms with Crippen LogP contribution >= 0.6 is 0 Å². The maximum atomic E-state index is 2.87. The van der Waals surface area contributed by atoms with Gasteiger partial charge in [0.2, 0.25) is 0 Å². The second-order valence-corrected chi connectivity index (χ2v) is 7.89. The van der Waals surface area contributed by atoms with E-state index in [9.17, 15) is 0 Å². The number of nitrogens with zero attached hydrogens (tertiary/aromatic N) is 2. The van der Waals surface area contributed by atoms with Crippen LogP contribution in [-0.2, 0) is 0 Å². The Labute approximate surface area is 125 Å². The van der Waals surface area contributed by atoms with Gasteiger partial charge in [-0.2, -0.15) is 0 Å².